The molecule has 37 heavy (non-hydrogen) atoms. The molecule has 0 aliphatic carbocycles. The molecule has 8 heteroatoms. The van der Waals surface area contributed by atoms with E-state index in [0.29, 0.717) is 44.2 Å². The first kappa shape index (κ1) is 24.6. The van der Waals surface area contributed by atoms with Crippen molar-refractivity contribution in [1.29, 1.82) is 0 Å². The monoisotopic (exact) mass is 571 g/mol. The molecule has 5 aromatic rings. The van der Waals surface area contributed by atoms with Gasteiger partial charge >= 0.3 is 5.97 Å². The number of aromatic nitrogens is 2. The molecule has 0 aliphatic rings. The molecule has 0 aliphatic heterocycles. The number of benzene rings is 4. The Hall–Kier alpha value is -4.07. The number of nitrogens with zero attached hydrogens (tertiary/aromatic N) is 3. The first-order valence-electron chi connectivity index (χ1n) is 11.3. The lowest BCUT2D eigenvalue weighted by molar-refractivity contribution is 0.0734. The summed E-state index contributed by atoms with van der Waals surface area (Å²) < 4.78 is 7.66. The fraction of sp³-hybridized carbons (Fsp3) is 0.0345. The molecule has 0 atom stereocenters. The van der Waals surface area contributed by atoms with E-state index in [4.69, 9.17) is 21.3 Å². The number of halogens is 2. The third kappa shape index (κ3) is 5.38. The van der Waals surface area contributed by atoms with Crippen LogP contribution in [0.1, 0.15) is 21.5 Å². The Kier molecular flexibility index (Phi) is 6.99. The largest absolute Gasteiger partial charge is 0.422 e. The Morgan fingerprint density at radius 1 is 1.00 bits per heavy atom. The second kappa shape index (κ2) is 10.5. The van der Waals surface area contributed by atoms with E-state index >= 15 is 0 Å². The summed E-state index contributed by atoms with van der Waals surface area (Å²) in [4.78, 5) is 30.9. The van der Waals surface area contributed by atoms with Gasteiger partial charge in [0.25, 0.3) is 5.56 Å². The predicted molar refractivity (Wildman–Crippen MR) is 150 cm³/mol. The van der Waals surface area contributed by atoms with Crippen LogP contribution in [0.25, 0.3) is 22.3 Å². The van der Waals surface area contributed by atoms with Crippen molar-refractivity contribution < 1.29 is 9.53 Å². The number of esters is 1. The second-order valence-corrected chi connectivity index (χ2v) is 9.61. The van der Waals surface area contributed by atoms with Crippen molar-refractivity contribution >= 4 is 50.6 Å². The average molecular weight is 573 g/mol. The zero-order valence-electron chi connectivity index (χ0n) is 19.6. The third-order valence-corrected chi connectivity index (χ3v) is 6.38. The Morgan fingerprint density at radius 2 is 1.73 bits per heavy atom. The highest BCUT2D eigenvalue weighted by Crippen LogP contribution is 2.24. The third-order valence-electron chi connectivity index (χ3n) is 5.63. The van der Waals surface area contributed by atoms with Gasteiger partial charge in [-0.2, -0.15) is 9.78 Å². The number of hydrogen-bond donors (Lipinski definition) is 0. The lowest BCUT2D eigenvalue weighted by Gasteiger charge is -2.11. The molecule has 0 spiro atoms. The fourth-order valence-corrected chi connectivity index (χ4v) is 4.20. The first-order valence-corrected chi connectivity index (χ1v) is 12.5. The average Bonchev–Trinajstić information content (AvgIpc) is 2.90. The van der Waals surface area contributed by atoms with Crippen molar-refractivity contribution in [2.24, 2.45) is 5.10 Å². The van der Waals surface area contributed by atoms with Crippen molar-refractivity contribution in [2.75, 3.05) is 0 Å². The molecule has 0 fully saturated rings. The summed E-state index contributed by atoms with van der Waals surface area (Å²) in [5.74, 6) is 0.153. The SMILES string of the molecule is Cc1ccc(C(=O)Oc2ccc(Br)cc2C=Nn2c(-c3ccc(Cl)cc3)nc3ccccc3c2=O)cc1. The summed E-state index contributed by atoms with van der Waals surface area (Å²) in [6.45, 7) is 1.94. The number of para-hydroxylation sites is 1. The van der Waals surface area contributed by atoms with Crippen LogP contribution >= 0.6 is 27.5 Å². The lowest BCUT2D eigenvalue weighted by Crippen LogP contribution is -2.20. The van der Waals surface area contributed by atoms with Crippen LogP contribution in [0.2, 0.25) is 5.02 Å². The highest BCUT2D eigenvalue weighted by Gasteiger charge is 2.14. The van der Waals surface area contributed by atoms with Gasteiger partial charge in [-0.1, -0.05) is 57.4 Å². The van der Waals surface area contributed by atoms with Gasteiger partial charge in [0, 0.05) is 20.6 Å². The van der Waals surface area contributed by atoms with Gasteiger partial charge in [-0.05, 0) is 73.7 Å². The second-order valence-electron chi connectivity index (χ2n) is 8.26. The van der Waals surface area contributed by atoms with Crippen LogP contribution in [0, 0.1) is 6.92 Å². The number of carbonyl (C=O) groups excluding carboxylic acids is 1. The molecule has 0 bridgehead atoms. The standard InChI is InChI=1S/C29H19BrClN3O3/c1-18-6-8-20(9-7-18)29(36)37-26-15-12-22(30)16-21(26)17-32-34-27(19-10-13-23(31)14-11-19)33-25-5-3-2-4-24(25)28(34)35/h2-17H,1H3. The van der Waals surface area contributed by atoms with Crippen LogP contribution in [0.4, 0.5) is 0 Å². The molecular formula is C29H19BrClN3O3. The maximum atomic E-state index is 13.4. The summed E-state index contributed by atoms with van der Waals surface area (Å²) in [5.41, 5.74) is 2.86. The Labute approximate surface area is 226 Å². The van der Waals surface area contributed by atoms with Crippen molar-refractivity contribution in [3.05, 3.63) is 128 Å². The number of carbonyl (C=O) groups is 1. The van der Waals surface area contributed by atoms with E-state index in [2.05, 4.69) is 21.0 Å². The summed E-state index contributed by atoms with van der Waals surface area (Å²) in [6, 6.07) is 26.4. The van der Waals surface area contributed by atoms with Gasteiger partial charge in [-0.15, -0.1) is 0 Å². The molecule has 0 unspecified atom stereocenters. The highest BCUT2D eigenvalue weighted by atomic mass is 79.9. The molecule has 0 amide bonds. The fourth-order valence-electron chi connectivity index (χ4n) is 3.70. The Morgan fingerprint density at radius 3 is 2.49 bits per heavy atom. The van der Waals surface area contributed by atoms with Crippen LogP contribution in [-0.2, 0) is 0 Å². The molecule has 5 rings (SSSR count). The highest BCUT2D eigenvalue weighted by molar-refractivity contribution is 9.10. The van der Waals surface area contributed by atoms with E-state index in [1.807, 2.05) is 25.1 Å². The number of rotatable bonds is 5. The van der Waals surface area contributed by atoms with E-state index in [1.54, 1.807) is 72.8 Å². The zero-order valence-corrected chi connectivity index (χ0v) is 21.9. The zero-order chi connectivity index (χ0) is 25.9. The van der Waals surface area contributed by atoms with Crippen molar-refractivity contribution in [3.63, 3.8) is 0 Å². The lowest BCUT2D eigenvalue weighted by atomic mass is 10.1. The van der Waals surface area contributed by atoms with Gasteiger partial charge < -0.3 is 4.74 Å². The van der Waals surface area contributed by atoms with Crippen LogP contribution in [0.3, 0.4) is 0 Å². The Bertz CT molecular complexity index is 1710. The number of ether oxygens (including phenoxy) is 1. The predicted octanol–water partition coefficient (Wildman–Crippen LogP) is 6.89. The quantitative estimate of drug-likeness (QED) is 0.131. The van der Waals surface area contributed by atoms with Gasteiger partial charge in [-0.25, -0.2) is 9.78 Å². The topological polar surface area (TPSA) is 73.5 Å². The van der Waals surface area contributed by atoms with Gasteiger partial charge in [-0.3, -0.25) is 4.79 Å². The molecule has 0 saturated heterocycles. The van der Waals surface area contributed by atoms with E-state index in [9.17, 15) is 9.59 Å². The molecule has 6 nitrogen and oxygen atoms in total. The van der Waals surface area contributed by atoms with Crippen molar-refractivity contribution in [2.45, 2.75) is 6.92 Å². The number of aryl methyl sites for hydroxylation is 1. The summed E-state index contributed by atoms with van der Waals surface area (Å²) in [5, 5.41) is 5.48. The van der Waals surface area contributed by atoms with Crippen LogP contribution in [-0.4, -0.2) is 21.8 Å². The minimum Gasteiger partial charge on any atom is -0.422 e. The first-order chi connectivity index (χ1) is 17.9. The van der Waals surface area contributed by atoms with Crippen molar-refractivity contribution in [3.8, 4) is 17.1 Å². The van der Waals surface area contributed by atoms with E-state index < -0.39 is 5.97 Å². The Balaban J connectivity index is 1.58. The summed E-state index contributed by atoms with van der Waals surface area (Å²) in [7, 11) is 0. The molecule has 4 aromatic carbocycles. The maximum Gasteiger partial charge on any atom is 0.343 e. The normalized spacial score (nSPS) is 11.2. The van der Waals surface area contributed by atoms with E-state index in [0.717, 1.165) is 10.0 Å². The maximum absolute atomic E-state index is 13.4. The molecule has 0 radical (unpaired) electrons. The smallest absolute Gasteiger partial charge is 0.343 e. The van der Waals surface area contributed by atoms with Gasteiger partial charge in [0.2, 0.25) is 0 Å². The van der Waals surface area contributed by atoms with Gasteiger partial charge in [0.05, 0.1) is 22.7 Å². The molecule has 1 heterocycles. The van der Waals surface area contributed by atoms with E-state index in [-0.39, 0.29) is 5.56 Å². The summed E-state index contributed by atoms with van der Waals surface area (Å²) in [6.07, 6.45) is 1.47. The van der Waals surface area contributed by atoms with Gasteiger partial charge in [0.1, 0.15) is 5.75 Å². The minimum absolute atomic E-state index is 0.298. The number of hydrogen-bond acceptors (Lipinski definition) is 5. The van der Waals surface area contributed by atoms with Gasteiger partial charge in [0.15, 0.2) is 5.82 Å². The molecular weight excluding hydrogens is 554 g/mol. The number of fused-ring (bicyclic) bond motifs is 1. The summed E-state index contributed by atoms with van der Waals surface area (Å²) >= 11 is 9.52. The van der Waals surface area contributed by atoms with Crippen molar-refractivity contribution in [1.82, 2.24) is 9.66 Å². The van der Waals surface area contributed by atoms with Crippen LogP contribution in [0.15, 0.2) is 105 Å². The molecule has 1 aromatic heterocycles. The van der Waals surface area contributed by atoms with Crippen LogP contribution in [0.5, 0.6) is 5.75 Å². The van der Waals surface area contributed by atoms with E-state index in [1.165, 1.54) is 10.9 Å². The van der Waals surface area contributed by atoms with Crippen LogP contribution < -0.4 is 10.3 Å². The minimum atomic E-state index is -0.497. The molecule has 182 valence electrons. The molecule has 0 N–H and O–H groups in total. The molecule has 0 saturated carbocycles.